The van der Waals surface area contributed by atoms with Gasteiger partial charge in [0.05, 0.1) is 11.4 Å². The maximum atomic E-state index is 8.60. The monoisotopic (exact) mass is 270 g/mol. The lowest BCUT2D eigenvalue weighted by molar-refractivity contribution is 0.364. The van der Waals surface area contributed by atoms with Crippen LogP contribution in [-0.2, 0) is 20.0 Å². The normalized spacial score (nSPS) is 10.1. The van der Waals surface area contributed by atoms with E-state index in [2.05, 4.69) is 17.3 Å². The number of anilines is 1. The molecule has 5 heteroatoms. The summed E-state index contributed by atoms with van der Waals surface area (Å²) in [6, 6.07) is 9.70. The van der Waals surface area contributed by atoms with E-state index >= 15 is 0 Å². The van der Waals surface area contributed by atoms with Gasteiger partial charge in [-0.25, -0.2) is 0 Å². The minimum Gasteiger partial charge on any atom is -0.478 e. The maximum Gasteiger partial charge on any atom is 0.174 e. The third-order valence-electron chi connectivity index (χ3n) is 2.97. The molecule has 0 unspecified atom stereocenters. The first-order valence-electron chi connectivity index (χ1n) is 6.58. The van der Waals surface area contributed by atoms with Gasteiger partial charge in [0.25, 0.3) is 0 Å². The van der Waals surface area contributed by atoms with E-state index in [-0.39, 0.29) is 6.61 Å². The van der Waals surface area contributed by atoms with Gasteiger partial charge in [0.1, 0.15) is 11.8 Å². The van der Waals surface area contributed by atoms with Crippen molar-refractivity contribution in [2.24, 2.45) is 7.05 Å². The zero-order valence-corrected chi connectivity index (χ0v) is 11.8. The van der Waals surface area contributed by atoms with Gasteiger partial charge in [0.15, 0.2) is 6.61 Å². The van der Waals surface area contributed by atoms with Gasteiger partial charge in [-0.05, 0) is 12.5 Å². The number of ether oxygens (including phenoxy) is 1. The second kappa shape index (κ2) is 6.62. The second-order valence-corrected chi connectivity index (χ2v) is 4.42. The van der Waals surface area contributed by atoms with Gasteiger partial charge in [-0.2, -0.15) is 10.4 Å². The molecule has 1 N–H and O–H groups in total. The number of benzene rings is 1. The van der Waals surface area contributed by atoms with E-state index in [1.807, 2.05) is 43.6 Å². The standard InChI is InChI=1S/C15H18N4O/c1-3-13-14(11-19(2)18-13)17-10-12-6-4-5-7-15(12)20-9-8-16/h4-7,11,17H,3,9-10H2,1-2H3. The number of hydrogen-bond donors (Lipinski definition) is 1. The summed E-state index contributed by atoms with van der Waals surface area (Å²) >= 11 is 0. The number of nitrogens with zero attached hydrogens (tertiary/aromatic N) is 3. The third kappa shape index (κ3) is 3.29. The Bertz CT molecular complexity index is 613. The highest BCUT2D eigenvalue weighted by Crippen LogP contribution is 2.21. The van der Waals surface area contributed by atoms with Crippen molar-refractivity contribution in [2.45, 2.75) is 19.9 Å². The van der Waals surface area contributed by atoms with Crippen molar-refractivity contribution in [2.75, 3.05) is 11.9 Å². The van der Waals surface area contributed by atoms with Crippen LogP contribution in [0.15, 0.2) is 30.5 Å². The average molecular weight is 270 g/mol. The van der Waals surface area contributed by atoms with Crippen LogP contribution in [0.5, 0.6) is 5.75 Å². The quantitative estimate of drug-likeness (QED) is 0.876. The van der Waals surface area contributed by atoms with Gasteiger partial charge >= 0.3 is 0 Å². The molecule has 20 heavy (non-hydrogen) atoms. The van der Waals surface area contributed by atoms with E-state index in [9.17, 15) is 0 Å². The third-order valence-corrected chi connectivity index (χ3v) is 2.97. The van der Waals surface area contributed by atoms with Crippen molar-refractivity contribution >= 4 is 5.69 Å². The van der Waals surface area contributed by atoms with Crippen molar-refractivity contribution in [1.29, 1.82) is 5.26 Å². The highest BCUT2D eigenvalue weighted by molar-refractivity contribution is 5.48. The zero-order chi connectivity index (χ0) is 14.4. The first-order chi connectivity index (χ1) is 9.74. The molecule has 0 saturated carbocycles. The Morgan fingerprint density at radius 2 is 2.20 bits per heavy atom. The molecule has 0 aliphatic rings. The van der Waals surface area contributed by atoms with Crippen LogP contribution < -0.4 is 10.1 Å². The topological polar surface area (TPSA) is 62.9 Å². The molecular weight excluding hydrogens is 252 g/mol. The molecule has 0 bridgehead atoms. The number of para-hydroxylation sites is 1. The largest absolute Gasteiger partial charge is 0.478 e. The molecule has 2 aromatic rings. The highest BCUT2D eigenvalue weighted by Gasteiger charge is 2.07. The van der Waals surface area contributed by atoms with Crippen LogP contribution in [-0.4, -0.2) is 16.4 Å². The van der Waals surface area contributed by atoms with Crippen LogP contribution >= 0.6 is 0 Å². The van der Waals surface area contributed by atoms with Crippen molar-refractivity contribution in [3.8, 4) is 11.8 Å². The number of nitriles is 1. The fourth-order valence-electron chi connectivity index (χ4n) is 2.03. The van der Waals surface area contributed by atoms with Crippen LogP contribution in [0, 0.1) is 11.3 Å². The first kappa shape index (κ1) is 13.9. The highest BCUT2D eigenvalue weighted by atomic mass is 16.5. The van der Waals surface area contributed by atoms with Gasteiger partial charge < -0.3 is 10.1 Å². The van der Waals surface area contributed by atoms with E-state index in [4.69, 9.17) is 10.00 Å². The van der Waals surface area contributed by atoms with Crippen LogP contribution in [0.3, 0.4) is 0 Å². The Morgan fingerprint density at radius 3 is 2.95 bits per heavy atom. The molecule has 0 amide bonds. The van der Waals surface area contributed by atoms with Crippen molar-refractivity contribution in [3.05, 3.63) is 41.7 Å². The van der Waals surface area contributed by atoms with E-state index < -0.39 is 0 Å². The number of rotatable bonds is 6. The first-order valence-corrected chi connectivity index (χ1v) is 6.58. The molecule has 0 spiro atoms. The minimum absolute atomic E-state index is 0.0596. The van der Waals surface area contributed by atoms with Crippen molar-refractivity contribution < 1.29 is 4.74 Å². The van der Waals surface area contributed by atoms with E-state index in [0.717, 1.165) is 29.1 Å². The maximum absolute atomic E-state index is 8.60. The van der Waals surface area contributed by atoms with Gasteiger partial charge in [-0.15, -0.1) is 0 Å². The summed E-state index contributed by atoms with van der Waals surface area (Å²) in [5, 5.41) is 16.4. The molecule has 0 fully saturated rings. The molecular formula is C15H18N4O. The molecule has 0 radical (unpaired) electrons. The molecule has 104 valence electrons. The van der Waals surface area contributed by atoms with Crippen molar-refractivity contribution in [1.82, 2.24) is 9.78 Å². The molecule has 1 heterocycles. The average Bonchev–Trinajstić information content (AvgIpc) is 2.84. The van der Waals surface area contributed by atoms with Crippen LogP contribution in [0.25, 0.3) is 0 Å². The lowest BCUT2D eigenvalue weighted by Crippen LogP contribution is -2.04. The molecule has 0 aliphatic heterocycles. The van der Waals surface area contributed by atoms with Gasteiger partial charge in [-0.3, -0.25) is 4.68 Å². The molecule has 0 saturated heterocycles. The van der Waals surface area contributed by atoms with E-state index in [1.165, 1.54) is 0 Å². The Balaban J connectivity index is 2.08. The Kier molecular flexibility index (Phi) is 4.61. The summed E-state index contributed by atoms with van der Waals surface area (Å²) in [5.41, 5.74) is 3.10. The van der Waals surface area contributed by atoms with Crippen LogP contribution in [0.2, 0.25) is 0 Å². The molecule has 5 nitrogen and oxygen atoms in total. The van der Waals surface area contributed by atoms with Crippen LogP contribution in [0.1, 0.15) is 18.2 Å². The summed E-state index contributed by atoms with van der Waals surface area (Å²) in [6.07, 6.45) is 2.85. The summed E-state index contributed by atoms with van der Waals surface area (Å²) in [7, 11) is 1.91. The number of aryl methyl sites for hydroxylation is 2. The summed E-state index contributed by atoms with van der Waals surface area (Å²) in [4.78, 5) is 0. The zero-order valence-electron chi connectivity index (χ0n) is 11.8. The summed E-state index contributed by atoms with van der Waals surface area (Å²) < 4.78 is 7.22. The van der Waals surface area contributed by atoms with Gasteiger partial charge in [0.2, 0.25) is 0 Å². The van der Waals surface area contributed by atoms with Crippen molar-refractivity contribution in [3.63, 3.8) is 0 Å². The fourth-order valence-corrected chi connectivity index (χ4v) is 2.03. The predicted octanol–water partition coefficient (Wildman–Crippen LogP) is 2.50. The molecule has 0 atom stereocenters. The summed E-state index contributed by atoms with van der Waals surface area (Å²) in [5.74, 6) is 0.739. The number of hydrogen-bond acceptors (Lipinski definition) is 4. The minimum atomic E-state index is 0.0596. The number of aromatic nitrogens is 2. The number of nitrogens with one attached hydrogen (secondary N) is 1. The predicted molar refractivity (Wildman–Crippen MR) is 77.5 cm³/mol. The molecule has 1 aromatic heterocycles. The van der Waals surface area contributed by atoms with Gasteiger partial charge in [0, 0.05) is 25.4 Å². The van der Waals surface area contributed by atoms with E-state index in [1.54, 1.807) is 4.68 Å². The Labute approximate surface area is 118 Å². The lowest BCUT2D eigenvalue weighted by atomic mass is 10.2. The molecule has 2 rings (SSSR count). The van der Waals surface area contributed by atoms with Gasteiger partial charge in [-0.1, -0.05) is 25.1 Å². The Morgan fingerprint density at radius 1 is 1.40 bits per heavy atom. The Hall–Kier alpha value is -2.48. The smallest absolute Gasteiger partial charge is 0.174 e. The summed E-state index contributed by atoms with van der Waals surface area (Å²) in [6.45, 7) is 2.78. The van der Waals surface area contributed by atoms with Crippen LogP contribution in [0.4, 0.5) is 5.69 Å². The second-order valence-electron chi connectivity index (χ2n) is 4.42. The molecule has 0 aliphatic carbocycles. The fraction of sp³-hybridized carbons (Fsp3) is 0.333. The molecule has 1 aromatic carbocycles. The SMILES string of the molecule is CCc1nn(C)cc1NCc1ccccc1OCC#N. The lowest BCUT2D eigenvalue weighted by Gasteiger charge is -2.10. The van der Waals surface area contributed by atoms with E-state index in [0.29, 0.717) is 6.54 Å².